The van der Waals surface area contributed by atoms with Crippen LogP contribution in [0.5, 0.6) is 0 Å². The Hall–Kier alpha value is -1.36. The van der Waals surface area contributed by atoms with Crippen LogP contribution in [0, 0.1) is 5.39 Å². The lowest BCUT2D eigenvalue weighted by Gasteiger charge is -1.94. The molecule has 1 aromatic heterocycles. The summed E-state index contributed by atoms with van der Waals surface area (Å²) >= 11 is 5.46. The van der Waals surface area contributed by atoms with E-state index in [0.717, 1.165) is 0 Å². The molecule has 0 N–H and O–H groups in total. The van der Waals surface area contributed by atoms with Crippen molar-refractivity contribution in [3.05, 3.63) is 28.5 Å². The largest absolute Gasteiger partial charge is 0.673 e. The smallest absolute Gasteiger partial charge is 0.418 e. The third kappa shape index (κ3) is 7.30. The molecule has 0 amide bonds. The second kappa shape index (κ2) is 5.39. The minimum atomic E-state index is -6.00. The first-order valence-electron chi connectivity index (χ1n) is 3.17. The number of pyridine rings is 1. The standard InChI is InChI=1S/C5H3ClN3.BF4/c6-5-4(9-7)2-1-3-8-5;2-1(3,4)5/h1-3H;/q+1;-1. The lowest BCUT2D eigenvalue weighted by Crippen LogP contribution is -2.02. The molecule has 1 heterocycles. The molecule has 0 fully saturated rings. The van der Waals surface area contributed by atoms with Crippen molar-refractivity contribution in [2.24, 2.45) is 0 Å². The summed E-state index contributed by atoms with van der Waals surface area (Å²) in [5, 5.41) is 8.43. The van der Waals surface area contributed by atoms with Gasteiger partial charge < -0.3 is 17.3 Å². The molecule has 0 aromatic carbocycles. The Bertz CT molecular complexity index is 330. The molecule has 0 radical (unpaired) electrons. The van der Waals surface area contributed by atoms with Gasteiger partial charge in [-0.25, -0.2) is 4.98 Å². The highest BCUT2D eigenvalue weighted by Gasteiger charge is 2.20. The predicted molar refractivity (Wildman–Crippen MR) is 44.2 cm³/mol. The van der Waals surface area contributed by atoms with Gasteiger partial charge in [0.1, 0.15) is 0 Å². The predicted octanol–water partition coefficient (Wildman–Crippen LogP) is 3.52. The summed E-state index contributed by atoms with van der Waals surface area (Å²) in [6, 6.07) is 3.20. The maximum Gasteiger partial charge on any atom is 0.673 e. The number of halogens is 5. The summed E-state index contributed by atoms with van der Waals surface area (Å²) in [5.74, 6) is 0. The molecule has 0 unspecified atom stereocenters. The fraction of sp³-hybridized carbons (Fsp3) is 0. The van der Waals surface area contributed by atoms with E-state index in [1.165, 1.54) is 6.20 Å². The summed E-state index contributed by atoms with van der Waals surface area (Å²) in [6.07, 6.45) is 1.52. The number of aromatic nitrogens is 1. The van der Waals surface area contributed by atoms with Gasteiger partial charge in [-0.15, -0.1) is 0 Å². The van der Waals surface area contributed by atoms with Crippen LogP contribution in [0.2, 0.25) is 5.15 Å². The average molecular weight is 227 g/mol. The summed E-state index contributed by atoms with van der Waals surface area (Å²) in [7, 11) is -6.00. The van der Waals surface area contributed by atoms with E-state index < -0.39 is 7.25 Å². The number of hydrogen-bond donors (Lipinski definition) is 0. The molecule has 0 aliphatic rings. The van der Waals surface area contributed by atoms with Gasteiger partial charge in [-0.3, -0.25) is 0 Å². The molecule has 0 atom stereocenters. The minimum absolute atomic E-state index is 0.208. The summed E-state index contributed by atoms with van der Waals surface area (Å²) in [4.78, 5) is 6.54. The van der Waals surface area contributed by atoms with Crippen molar-refractivity contribution in [2.45, 2.75) is 0 Å². The fourth-order valence-electron chi connectivity index (χ4n) is 0.452. The first-order valence-corrected chi connectivity index (χ1v) is 3.55. The number of hydrogen-bond acceptors (Lipinski definition) is 2. The van der Waals surface area contributed by atoms with Crippen LogP contribution in [-0.2, 0) is 0 Å². The Balaban J connectivity index is 0.000000292. The van der Waals surface area contributed by atoms with E-state index in [9.17, 15) is 17.3 Å². The van der Waals surface area contributed by atoms with E-state index in [-0.39, 0.29) is 5.15 Å². The van der Waals surface area contributed by atoms with Crippen LogP contribution in [-0.4, -0.2) is 12.2 Å². The van der Waals surface area contributed by atoms with Crippen LogP contribution in [0.3, 0.4) is 0 Å². The van der Waals surface area contributed by atoms with Crippen molar-refractivity contribution < 1.29 is 17.3 Å². The Morgan fingerprint density at radius 2 is 1.86 bits per heavy atom. The van der Waals surface area contributed by atoms with E-state index in [0.29, 0.717) is 5.69 Å². The Kier molecular flexibility index (Phi) is 4.87. The van der Waals surface area contributed by atoms with Crippen molar-refractivity contribution in [1.29, 1.82) is 5.39 Å². The van der Waals surface area contributed by atoms with Crippen LogP contribution in [0.15, 0.2) is 18.3 Å². The van der Waals surface area contributed by atoms with E-state index in [1.807, 2.05) is 0 Å². The third-order valence-electron chi connectivity index (χ3n) is 0.847. The molecule has 9 heteroatoms. The van der Waals surface area contributed by atoms with Crippen molar-refractivity contribution in [1.82, 2.24) is 4.98 Å². The van der Waals surface area contributed by atoms with Crippen LogP contribution in [0.25, 0.3) is 4.98 Å². The average Bonchev–Trinajstić information content (AvgIpc) is 2.02. The van der Waals surface area contributed by atoms with E-state index in [4.69, 9.17) is 17.0 Å². The summed E-state index contributed by atoms with van der Waals surface area (Å²) in [6.45, 7) is 0. The molecular formula is C5H3BClF4N3. The molecule has 0 spiro atoms. The topological polar surface area (TPSA) is 41.0 Å². The lowest BCUT2D eigenvalue weighted by atomic mass is 10.3. The van der Waals surface area contributed by atoms with Crippen molar-refractivity contribution in [3.63, 3.8) is 0 Å². The van der Waals surface area contributed by atoms with Gasteiger partial charge in [0.2, 0.25) is 10.5 Å². The normalized spacial score (nSPS) is 9.71. The maximum absolute atomic E-state index is 9.75. The molecule has 76 valence electrons. The van der Waals surface area contributed by atoms with Gasteiger partial charge in [0, 0.05) is 12.3 Å². The zero-order chi connectivity index (χ0) is 11.2. The molecule has 1 aromatic rings. The van der Waals surface area contributed by atoms with Crippen LogP contribution in [0.1, 0.15) is 0 Å². The second-order valence-electron chi connectivity index (χ2n) is 1.91. The van der Waals surface area contributed by atoms with Crippen LogP contribution < -0.4 is 0 Å². The zero-order valence-corrected chi connectivity index (χ0v) is 7.30. The quantitative estimate of drug-likeness (QED) is 0.294. The van der Waals surface area contributed by atoms with E-state index in [2.05, 4.69) is 9.96 Å². The maximum atomic E-state index is 9.75. The Morgan fingerprint density at radius 1 is 1.36 bits per heavy atom. The van der Waals surface area contributed by atoms with Crippen LogP contribution >= 0.6 is 11.6 Å². The summed E-state index contributed by atoms with van der Waals surface area (Å²) < 4.78 is 39.0. The van der Waals surface area contributed by atoms with Crippen LogP contribution in [0.4, 0.5) is 23.0 Å². The molecular weight excluding hydrogens is 224 g/mol. The van der Waals surface area contributed by atoms with Crippen molar-refractivity contribution in [3.8, 4) is 0 Å². The van der Waals surface area contributed by atoms with Gasteiger partial charge in [-0.2, -0.15) is 0 Å². The van der Waals surface area contributed by atoms with Gasteiger partial charge in [0.25, 0.3) is 0 Å². The summed E-state index contributed by atoms with van der Waals surface area (Å²) in [5.41, 5.74) is 0.291. The van der Waals surface area contributed by atoms with E-state index >= 15 is 0 Å². The van der Waals surface area contributed by atoms with E-state index in [1.54, 1.807) is 12.1 Å². The fourth-order valence-corrected chi connectivity index (χ4v) is 0.609. The van der Waals surface area contributed by atoms with Gasteiger partial charge in [0.15, 0.2) is 4.98 Å². The highest BCUT2D eigenvalue weighted by atomic mass is 35.5. The van der Waals surface area contributed by atoms with Gasteiger partial charge >= 0.3 is 12.9 Å². The molecule has 0 aliphatic carbocycles. The van der Waals surface area contributed by atoms with Crippen molar-refractivity contribution >= 4 is 24.5 Å². The Morgan fingerprint density at radius 3 is 2.14 bits per heavy atom. The first-order chi connectivity index (χ1) is 6.34. The molecule has 14 heavy (non-hydrogen) atoms. The molecule has 3 nitrogen and oxygen atoms in total. The van der Waals surface area contributed by atoms with Crippen molar-refractivity contribution in [2.75, 3.05) is 0 Å². The number of diazo groups is 1. The highest BCUT2D eigenvalue weighted by molar-refractivity contribution is 6.50. The monoisotopic (exact) mass is 227 g/mol. The zero-order valence-electron chi connectivity index (χ0n) is 6.54. The van der Waals surface area contributed by atoms with Gasteiger partial charge in [0.05, 0.1) is 0 Å². The Labute approximate surface area is 81.4 Å². The third-order valence-corrected chi connectivity index (χ3v) is 1.14. The molecule has 0 bridgehead atoms. The molecule has 0 saturated heterocycles. The highest BCUT2D eigenvalue weighted by Crippen LogP contribution is 2.19. The van der Waals surface area contributed by atoms with Gasteiger partial charge in [-0.05, 0) is 6.07 Å². The first kappa shape index (κ1) is 12.6. The van der Waals surface area contributed by atoms with Gasteiger partial charge in [-0.1, -0.05) is 11.6 Å². The second-order valence-corrected chi connectivity index (χ2v) is 2.27. The minimum Gasteiger partial charge on any atom is -0.418 e. The molecule has 0 aliphatic heterocycles. The number of nitrogens with zero attached hydrogens (tertiary/aromatic N) is 3. The number of rotatable bonds is 0. The lowest BCUT2D eigenvalue weighted by molar-refractivity contribution is 0.368. The SMILES string of the molecule is F[B-](F)(F)F.N#[N+]c1cccnc1Cl. The molecule has 0 saturated carbocycles. The molecule has 1 rings (SSSR count).